The summed E-state index contributed by atoms with van der Waals surface area (Å²) in [5.74, 6) is 0. The lowest BCUT2D eigenvalue weighted by molar-refractivity contribution is 0.530. The summed E-state index contributed by atoms with van der Waals surface area (Å²) >= 11 is 1.91. The highest BCUT2D eigenvalue weighted by molar-refractivity contribution is 7.12. The second-order valence-electron chi connectivity index (χ2n) is 5.37. The Morgan fingerprint density at radius 3 is 2.65 bits per heavy atom. The first-order chi connectivity index (χ1) is 9.61. The third kappa shape index (κ3) is 3.68. The normalized spacial score (nSPS) is 12.6. The highest BCUT2D eigenvalue weighted by Crippen LogP contribution is 2.29. The average Bonchev–Trinajstić information content (AvgIpc) is 2.76. The van der Waals surface area contributed by atoms with E-state index in [1.807, 2.05) is 23.6 Å². The van der Waals surface area contributed by atoms with Crippen molar-refractivity contribution in [3.05, 3.63) is 51.0 Å². The Kier molecular flexibility index (Phi) is 5.32. The van der Waals surface area contributed by atoms with Gasteiger partial charge in [-0.3, -0.25) is 4.98 Å². The Morgan fingerprint density at radius 2 is 2.05 bits per heavy atom. The third-order valence-electron chi connectivity index (χ3n) is 3.68. The van der Waals surface area contributed by atoms with Crippen molar-refractivity contribution in [2.45, 2.75) is 46.6 Å². The first kappa shape index (κ1) is 15.2. The number of nitrogens with zero attached hydrogens (tertiary/aromatic N) is 1. The van der Waals surface area contributed by atoms with Crippen LogP contribution in [0.4, 0.5) is 0 Å². The highest BCUT2D eigenvalue weighted by atomic mass is 32.1. The molecule has 0 spiro atoms. The summed E-state index contributed by atoms with van der Waals surface area (Å²) in [7, 11) is 0. The Bertz CT molecular complexity index is 540. The predicted molar refractivity (Wildman–Crippen MR) is 87.5 cm³/mol. The van der Waals surface area contributed by atoms with Crippen molar-refractivity contribution in [1.82, 2.24) is 10.3 Å². The molecule has 1 atom stereocenters. The summed E-state index contributed by atoms with van der Waals surface area (Å²) in [4.78, 5) is 7.39. The third-order valence-corrected chi connectivity index (χ3v) is 4.95. The molecule has 0 fully saturated rings. The molecule has 0 radical (unpaired) electrons. The molecule has 0 aliphatic carbocycles. The van der Waals surface area contributed by atoms with Gasteiger partial charge in [-0.05, 0) is 57.0 Å². The van der Waals surface area contributed by atoms with Gasteiger partial charge in [-0.25, -0.2) is 0 Å². The molecular formula is C17H24N2S. The molecule has 1 N–H and O–H groups in total. The van der Waals surface area contributed by atoms with Crippen molar-refractivity contribution < 1.29 is 0 Å². The first-order valence-electron chi connectivity index (χ1n) is 7.32. The van der Waals surface area contributed by atoms with Gasteiger partial charge in [-0.2, -0.15) is 0 Å². The van der Waals surface area contributed by atoms with Gasteiger partial charge in [0.25, 0.3) is 0 Å². The van der Waals surface area contributed by atoms with E-state index in [0.29, 0.717) is 6.04 Å². The maximum atomic E-state index is 4.55. The number of pyridine rings is 1. The summed E-state index contributed by atoms with van der Waals surface area (Å²) in [6.45, 7) is 9.79. The quantitative estimate of drug-likeness (QED) is 0.854. The monoisotopic (exact) mass is 288 g/mol. The van der Waals surface area contributed by atoms with Gasteiger partial charge < -0.3 is 5.32 Å². The predicted octanol–water partition coefficient (Wildman–Crippen LogP) is 4.35. The lowest BCUT2D eigenvalue weighted by Gasteiger charge is -2.17. The van der Waals surface area contributed by atoms with Crippen molar-refractivity contribution in [2.24, 2.45) is 0 Å². The van der Waals surface area contributed by atoms with Crippen LogP contribution in [0.25, 0.3) is 0 Å². The topological polar surface area (TPSA) is 24.9 Å². The Hall–Kier alpha value is -1.19. The second kappa shape index (κ2) is 7.00. The molecule has 0 amide bonds. The summed E-state index contributed by atoms with van der Waals surface area (Å²) in [6, 6.07) is 6.85. The maximum absolute atomic E-state index is 4.55. The zero-order valence-corrected chi connectivity index (χ0v) is 13.7. The van der Waals surface area contributed by atoms with Crippen LogP contribution in [0, 0.1) is 20.8 Å². The fourth-order valence-electron chi connectivity index (χ4n) is 2.29. The molecule has 0 aromatic carbocycles. The number of hydrogen-bond acceptors (Lipinski definition) is 3. The fraction of sp³-hybridized carbons (Fsp3) is 0.471. The second-order valence-corrected chi connectivity index (χ2v) is 6.65. The summed E-state index contributed by atoms with van der Waals surface area (Å²) in [5.41, 5.74) is 3.87. The zero-order chi connectivity index (χ0) is 14.5. The van der Waals surface area contributed by atoms with E-state index in [1.54, 1.807) is 0 Å². The molecule has 0 saturated heterocycles. The minimum Gasteiger partial charge on any atom is -0.309 e. The summed E-state index contributed by atoms with van der Waals surface area (Å²) in [6.07, 6.45) is 4.01. The largest absolute Gasteiger partial charge is 0.309 e. The molecular weight excluding hydrogens is 264 g/mol. The van der Waals surface area contributed by atoms with Crippen molar-refractivity contribution in [3.8, 4) is 0 Å². The van der Waals surface area contributed by atoms with Gasteiger partial charge in [0, 0.05) is 34.1 Å². The molecule has 0 saturated carbocycles. The minimum absolute atomic E-state index is 0.376. The van der Waals surface area contributed by atoms with Crippen molar-refractivity contribution in [2.75, 3.05) is 6.54 Å². The van der Waals surface area contributed by atoms with Gasteiger partial charge in [0.2, 0.25) is 0 Å². The van der Waals surface area contributed by atoms with Crippen LogP contribution in [0.3, 0.4) is 0 Å². The molecule has 2 aromatic rings. The van der Waals surface area contributed by atoms with Crippen LogP contribution in [0.2, 0.25) is 0 Å². The van der Waals surface area contributed by atoms with Crippen LogP contribution in [0.15, 0.2) is 24.4 Å². The number of nitrogens with one attached hydrogen (secondary N) is 1. The molecule has 2 heterocycles. The smallest absolute Gasteiger partial charge is 0.0471 e. The zero-order valence-electron chi connectivity index (χ0n) is 12.9. The molecule has 1 unspecified atom stereocenters. The molecule has 20 heavy (non-hydrogen) atoms. The van der Waals surface area contributed by atoms with Crippen LogP contribution in [0.1, 0.15) is 46.0 Å². The molecule has 0 aliphatic rings. The Balaban J connectivity index is 2.21. The molecule has 0 aliphatic heterocycles. The van der Waals surface area contributed by atoms with E-state index >= 15 is 0 Å². The molecule has 2 nitrogen and oxygen atoms in total. The van der Waals surface area contributed by atoms with E-state index in [-0.39, 0.29) is 0 Å². The number of aromatic nitrogens is 1. The lowest BCUT2D eigenvalue weighted by Crippen LogP contribution is -2.24. The van der Waals surface area contributed by atoms with Crippen LogP contribution >= 0.6 is 11.3 Å². The Labute approximate surface area is 126 Å². The van der Waals surface area contributed by atoms with Gasteiger partial charge >= 0.3 is 0 Å². The van der Waals surface area contributed by atoms with Gasteiger partial charge in [0.05, 0.1) is 0 Å². The highest BCUT2D eigenvalue weighted by Gasteiger charge is 2.16. The lowest BCUT2D eigenvalue weighted by atomic mass is 10.0. The van der Waals surface area contributed by atoms with Gasteiger partial charge in [0.15, 0.2) is 0 Å². The molecule has 3 heteroatoms. The number of hydrogen-bond donors (Lipinski definition) is 1. The van der Waals surface area contributed by atoms with E-state index in [2.05, 4.69) is 50.1 Å². The number of rotatable bonds is 6. The minimum atomic E-state index is 0.376. The van der Waals surface area contributed by atoms with E-state index in [0.717, 1.165) is 19.4 Å². The molecule has 2 rings (SSSR count). The van der Waals surface area contributed by atoms with Crippen LogP contribution in [-0.2, 0) is 6.42 Å². The van der Waals surface area contributed by atoms with Crippen LogP contribution in [0.5, 0.6) is 0 Å². The summed E-state index contributed by atoms with van der Waals surface area (Å²) in [5, 5.41) is 3.67. The van der Waals surface area contributed by atoms with Gasteiger partial charge in [-0.1, -0.05) is 13.0 Å². The van der Waals surface area contributed by atoms with Gasteiger partial charge in [0.1, 0.15) is 0 Å². The number of aryl methyl sites for hydroxylation is 3. The van der Waals surface area contributed by atoms with Crippen LogP contribution < -0.4 is 5.32 Å². The molecule has 0 bridgehead atoms. The first-order valence-corrected chi connectivity index (χ1v) is 8.14. The SMILES string of the molecule is CCCNC(Cc1ncccc1C)c1cc(C)c(C)s1. The van der Waals surface area contributed by atoms with E-state index in [1.165, 1.54) is 26.6 Å². The standard InChI is InChI=1S/C17H24N2S/c1-5-8-18-16(17-10-13(3)14(4)20-17)11-15-12(2)7-6-9-19-15/h6-7,9-10,16,18H,5,8,11H2,1-4H3. The van der Waals surface area contributed by atoms with E-state index in [9.17, 15) is 0 Å². The molecule has 108 valence electrons. The van der Waals surface area contributed by atoms with Gasteiger partial charge in [-0.15, -0.1) is 11.3 Å². The fourth-order valence-corrected chi connectivity index (χ4v) is 3.41. The van der Waals surface area contributed by atoms with Crippen LogP contribution in [-0.4, -0.2) is 11.5 Å². The van der Waals surface area contributed by atoms with Crippen molar-refractivity contribution in [3.63, 3.8) is 0 Å². The van der Waals surface area contributed by atoms with Crippen molar-refractivity contribution in [1.29, 1.82) is 0 Å². The maximum Gasteiger partial charge on any atom is 0.0471 e. The Morgan fingerprint density at radius 1 is 1.25 bits per heavy atom. The number of thiophene rings is 1. The van der Waals surface area contributed by atoms with E-state index < -0.39 is 0 Å². The molecule has 2 aromatic heterocycles. The van der Waals surface area contributed by atoms with E-state index in [4.69, 9.17) is 0 Å². The average molecular weight is 288 g/mol. The summed E-state index contributed by atoms with van der Waals surface area (Å²) < 4.78 is 0. The van der Waals surface area contributed by atoms with Crippen molar-refractivity contribution >= 4 is 11.3 Å².